The van der Waals surface area contributed by atoms with Crippen molar-refractivity contribution in [3.05, 3.63) is 0 Å². The molecule has 0 aliphatic heterocycles. The molecule has 124 valence electrons. The zero-order valence-electron chi connectivity index (χ0n) is 13.7. The fourth-order valence-corrected chi connectivity index (χ4v) is 1.70. The SMILES string of the molecule is CCCCCCOC(=O)CCC(=O)OCC(C)CCOC. The maximum atomic E-state index is 11.5. The van der Waals surface area contributed by atoms with Crippen molar-refractivity contribution in [1.29, 1.82) is 0 Å². The Labute approximate surface area is 128 Å². The average molecular weight is 302 g/mol. The van der Waals surface area contributed by atoms with E-state index in [1.54, 1.807) is 7.11 Å². The van der Waals surface area contributed by atoms with Gasteiger partial charge in [0.25, 0.3) is 0 Å². The molecule has 0 heterocycles. The van der Waals surface area contributed by atoms with E-state index < -0.39 is 0 Å². The third-order valence-electron chi connectivity index (χ3n) is 3.14. The summed E-state index contributed by atoms with van der Waals surface area (Å²) in [6.07, 6.45) is 5.31. The third kappa shape index (κ3) is 13.6. The van der Waals surface area contributed by atoms with E-state index in [0.29, 0.717) is 19.8 Å². The summed E-state index contributed by atoms with van der Waals surface area (Å²) in [6.45, 7) is 5.60. The van der Waals surface area contributed by atoms with Crippen LogP contribution in [0.3, 0.4) is 0 Å². The number of esters is 2. The maximum absolute atomic E-state index is 11.5. The molecule has 0 bridgehead atoms. The molecule has 0 radical (unpaired) electrons. The monoisotopic (exact) mass is 302 g/mol. The first-order valence-electron chi connectivity index (χ1n) is 7.90. The van der Waals surface area contributed by atoms with Crippen LogP contribution in [0.2, 0.25) is 0 Å². The minimum Gasteiger partial charge on any atom is -0.466 e. The number of hydrogen-bond acceptors (Lipinski definition) is 5. The van der Waals surface area contributed by atoms with Crippen molar-refractivity contribution in [2.75, 3.05) is 26.9 Å². The van der Waals surface area contributed by atoms with Crippen molar-refractivity contribution in [2.24, 2.45) is 5.92 Å². The Balaban J connectivity index is 3.52. The number of hydrogen-bond donors (Lipinski definition) is 0. The summed E-state index contributed by atoms with van der Waals surface area (Å²) in [5.74, 6) is -0.405. The third-order valence-corrected chi connectivity index (χ3v) is 3.14. The van der Waals surface area contributed by atoms with E-state index in [-0.39, 0.29) is 30.7 Å². The predicted octanol–water partition coefficient (Wildman–Crippen LogP) is 3.11. The lowest BCUT2D eigenvalue weighted by Crippen LogP contribution is -2.15. The number of rotatable bonds is 13. The summed E-state index contributed by atoms with van der Waals surface area (Å²) in [7, 11) is 1.65. The van der Waals surface area contributed by atoms with Gasteiger partial charge in [-0.2, -0.15) is 0 Å². The molecule has 1 atom stereocenters. The fourth-order valence-electron chi connectivity index (χ4n) is 1.70. The van der Waals surface area contributed by atoms with Gasteiger partial charge in [-0.15, -0.1) is 0 Å². The Morgan fingerprint density at radius 1 is 0.952 bits per heavy atom. The summed E-state index contributed by atoms with van der Waals surface area (Å²) in [5, 5.41) is 0. The summed E-state index contributed by atoms with van der Waals surface area (Å²) in [4.78, 5) is 22.9. The van der Waals surface area contributed by atoms with E-state index in [4.69, 9.17) is 14.2 Å². The fraction of sp³-hybridized carbons (Fsp3) is 0.875. The van der Waals surface area contributed by atoms with Gasteiger partial charge in [-0.3, -0.25) is 9.59 Å². The van der Waals surface area contributed by atoms with Gasteiger partial charge in [-0.25, -0.2) is 0 Å². The molecule has 0 fully saturated rings. The molecule has 5 heteroatoms. The molecule has 0 aliphatic rings. The van der Waals surface area contributed by atoms with Crippen LogP contribution in [-0.4, -0.2) is 38.9 Å². The lowest BCUT2D eigenvalue weighted by molar-refractivity contribution is -0.151. The van der Waals surface area contributed by atoms with E-state index in [0.717, 1.165) is 32.1 Å². The van der Waals surface area contributed by atoms with Gasteiger partial charge in [0.15, 0.2) is 0 Å². The van der Waals surface area contributed by atoms with Crippen LogP contribution in [0.15, 0.2) is 0 Å². The highest BCUT2D eigenvalue weighted by molar-refractivity contribution is 5.77. The quantitative estimate of drug-likeness (QED) is 0.386. The van der Waals surface area contributed by atoms with Gasteiger partial charge in [0.2, 0.25) is 0 Å². The van der Waals surface area contributed by atoms with Crippen LogP contribution in [0.1, 0.15) is 58.8 Å². The highest BCUT2D eigenvalue weighted by Crippen LogP contribution is 2.05. The van der Waals surface area contributed by atoms with E-state index in [2.05, 4.69) is 6.92 Å². The highest BCUT2D eigenvalue weighted by Gasteiger charge is 2.11. The molecule has 0 amide bonds. The molecule has 0 aromatic heterocycles. The highest BCUT2D eigenvalue weighted by atomic mass is 16.5. The topological polar surface area (TPSA) is 61.8 Å². The molecule has 0 spiro atoms. The molecule has 1 unspecified atom stereocenters. The van der Waals surface area contributed by atoms with Gasteiger partial charge in [-0.1, -0.05) is 33.1 Å². The molecule has 0 aromatic carbocycles. The van der Waals surface area contributed by atoms with Crippen LogP contribution >= 0.6 is 0 Å². The van der Waals surface area contributed by atoms with Gasteiger partial charge in [0, 0.05) is 13.7 Å². The Hall–Kier alpha value is -1.10. The summed E-state index contributed by atoms with van der Waals surface area (Å²) >= 11 is 0. The molecule has 0 rings (SSSR count). The minimum atomic E-state index is -0.345. The molecule has 0 aliphatic carbocycles. The first kappa shape index (κ1) is 19.9. The second-order valence-corrected chi connectivity index (χ2v) is 5.35. The first-order valence-corrected chi connectivity index (χ1v) is 7.90. The van der Waals surface area contributed by atoms with E-state index in [1.807, 2.05) is 6.92 Å². The predicted molar refractivity (Wildman–Crippen MR) is 81.0 cm³/mol. The Morgan fingerprint density at radius 2 is 1.62 bits per heavy atom. The molecule has 0 N–H and O–H groups in total. The van der Waals surface area contributed by atoms with Gasteiger partial charge < -0.3 is 14.2 Å². The lowest BCUT2D eigenvalue weighted by Gasteiger charge is -2.11. The van der Waals surface area contributed by atoms with Crippen LogP contribution in [0.5, 0.6) is 0 Å². The van der Waals surface area contributed by atoms with Crippen molar-refractivity contribution in [1.82, 2.24) is 0 Å². The van der Waals surface area contributed by atoms with Gasteiger partial charge in [0.05, 0.1) is 26.1 Å². The van der Waals surface area contributed by atoms with Crippen molar-refractivity contribution in [2.45, 2.75) is 58.8 Å². The molecule has 0 aromatic rings. The van der Waals surface area contributed by atoms with E-state index in [9.17, 15) is 9.59 Å². The van der Waals surface area contributed by atoms with Crippen LogP contribution in [0.25, 0.3) is 0 Å². The minimum absolute atomic E-state index is 0.0881. The molecular weight excluding hydrogens is 272 g/mol. The van der Waals surface area contributed by atoms with Gasteiger partial charge in [0.1, 0.15) is 0 Å². The van der Waals surface area contributed by atoms with Crippen molar-refractivity contribution in [3.8, 4) is 0 Å². The number of ether oxygens (including phenoxy) is 3. The zero-order valence-corrected chi connectivity index (χ0v) is 13.7. The van der Waals surface area contributed by atoms with E-state index >= 15 is 0 Å². The van der Waals surface area contributed by atoms with Gasteiger partial charge >= 0.3 is 11.9 Å². The second-order valence-electron chi connectivity index (χ2n) is 5.35. The Kier molecular flexibility index (Phi) is 13.1. The molecular formula is C16H30O5. The van der Waals surface area contributed by atoms with Crippen LogP contribution in [0.4, 0.5) is 0 Å². The first-order chi connectivity index (χ1) is 10.1. The number of carbonyl (C=O) groups excluding carboxylic acids is 2. The molecule has 0 saturated carbocycles. The largest absolute Gasteiger partial charge is 0.466 e. The average Bonchev–Trinajstić information content (AvgIpc) is 2.48. The van der Waals surface area contributed by atoms with Crippen molar-refractivity contribution >= 4 is 11.9 Å². The normalized spacial score (nSPS) is 12.0. The van der Waals surface area contributed by atoms with Crippen LogP contribution in [-0.2, 0) is 23.8 Å². The number of unbranched alkanes of at least 4 members (excludes halogenated alkanes) is 3. The zero-order chi connectivity index (χ0) is 15.9. The smallest absolute Gasteiger partial charge is 0.306 e. The summed E-state index contributed by atoms with van der Waals surface area (Å²) < 4.78 is 15.1. The Morgan fingerprint density at radius 3 is 2.24 bits per heavy atom. The molecule has 5 nitrogen and oxygen atoms in total. The van der Waals surface area contributed by atoms with Crippen molar-refractivity contribution < 1.29 is 23.8 Å². The summed E-state index contributed by atoms with van der Waals surface area (Å²) in [6, 6.07) is 0. The van der Waals surface area contributed by atoms with E-state index in [1.165, 1.54) is 0 Å². The Bertz CT molecular complexity index is 278. The number of methoxy groups -OCH3 is 1. The van der Waals surface area contributed by atoms with Crippen molar-refractivity contribution in [3.63, 3.8) is 0 Å². The molecule has 21 heavy (non-hydrogen) atoms. The van der Waals surface area contributed by atoms with Crippen LogP contribution < -0.4 is 0 Å². The molecule has 0 saturated heterocycles. The van der Waals surface area contributed by atoms with Crippen LogP contribution in [0, 0.1) is 5.92 Å². The van der Waals surface area contributed by atoms with Gasteiger partial charge in [-0.05, 0) is 18.8 Å². The lowest BCUT2D eigenvalue weighted by atomic mass is 10.1. The summed E-state index contributed by atoms with van der Waals surface area (Å²) in [5.41, 5.74) is 0. The number of carbonyl (C=O) groups is 2. The second kappa shape index (κ2) is 13.9. The standard InChI is InChI=1S/C16H30O5/c1-4-5-6-7-11-20-15(17)8-9-16(18)21-13-14(2)10-12-19-3/h14H,4-13H2,1-3H3. The maximum Gasteiger partial charge on any atom is 0.306 e.